The summed E-state index contributed by atoms with van der Waals surface area (Å²) in [7, 11) is -3.08. The first-order valence-electron chi connectivity index (χ1n) is 5.75. The van der Waals surface area contributed by atoms with Crippen molar-refractivity contribution in [3.63, 3.8) is 0 Å². The molecule has 16 heavy (non-hydrogen) atoms. The minimum atomic E-state index is -3.08. The Morgan fingerprint density at radius 3 is 2.44 bits per heavy atom. The number of hydrogen-bond acceptors (Lipinski definition) is 2. The summed E-state index contributed by atoms with van der Waals surface area (Å²) in [5.74, 6) is 0.381. The smallest absolute Gasteiger partial charge is 0.175 e. The molecule has 0 spiro atoms. The minimum absolute atomic E-state index is 0.381. The molecule has 0 saturated heterocycles. The van der Waals surface area contributed by atoms with Gasteiger partial charge in [0.1, 0.15) is 0 Å². The maximum Gasteiger partial charge on any atom is 0.175 e. The predicted molar refractivity (Wildman–Crippen MR) is 65.7 cm³/mol. The van der Waals surface area contributed by atoms with Crippen LogP contribution >= 0.6 is 0 Å². The van der Waals surface area contributed by atoms with E-state index < -0.39 is 9.84 Å². The lowest BCUT2D eigenvalue weighted by Crippen LogP contribution is -2.04. The lowest BCUT2D eigenvalue weighted by atomic mass is 9.98. The van der Waals surface area contributed by atoms with Crippen LogP contribution in [0, 0.1) is 0 Å². The van der Waals surface area contributed by atoms with Crippen molar-refractivity contribution in [3.05, 3.63) is 28.8 Å². The van der Waals surface area contributed by atoms with Crippen molar-refractivity contribution in [1.29, 1.82) is 0 Å². The van der Waals surface area contributed by atoms with Crippen molar-refractivity contribution >= 4 is 9.84 Å². The van der Waals surface area contributed by atoms with Gasteiger partial charge < -0.3 is 0 Å². The largest absolute Gasteiger partial charge is 0.224 e. The molecule has 0 amide bonds. The van der Waals surface area contributed by atoms with Crippen LogP contribution in [0.2, 0.25) is 0 Å². The molecule has 1 aliphatic carbocycles. The third-order valence-corrected chi connectivity index (χ3v) is 4.43. The van der Waals surface area contributed by atoms with Crippen molar-refractivity contribution < 1.29 is 8.42 Å². The summed E-state index contributed by atoms with van der Waals surface area (Å²) < 4.78 is 23.5. The van der Waals surface area contributed by atoms with Crippen molar-refractivity contribution in [2.24, 2.45) is 0 Å². The Morgan fingerprint density at radius 2 is 1.88 bits per heavy atom. The van der Waals surface area contributed by atoms with Crippen LogP contribution in [0.25, 0.3) is 0 Å². The van der Waals surface area contributed by atoms with Gasteiger partial charge in [-0.3, -0.25) is 0 Å². The van der Waals surface area contributed by atoms with Crippen molar-refractivity contribution in [2.75, 3.05) is 6.26 Å². The molecule has 0 bridgehead atoms. The zero-order valence-electron chi connectivity index (χ0n) is 10.1. The van der Waals surface area contributed by atoms with Gasteiger partial charge >= 0.3 is 0 Å². The lowest BCUT2D eigenvalue weighted by Gasteiger charge is -2.12. The molecule has 2 nitrogen and oxygen atoms in total. The zero-order valence-corrected chi connectivity index (χ0v) is 10.9. The van der Waals surface area contributed by atoms with E-state index in [0.717, 1.165) is 30.4 Å². The SMILES string of the molecule is CC(C)c1cc2c(c(S(C)(=O)=O)c1)CCC2. The Morgan fingerprint density at radius 1 is 1.19 bits per heavy atom. The summed E-state index contributed by atoms with van der Waals surface area (Å²) in [6, 6.07) is 4.05. The highest BCUT2D eigenvalue weighted by molar-refractivity contribution is 7.90. The van der Waals surface area contributed by atoms with Crippen LogP contribution in [-0.2, 0) is 22.7 Å². The van der Waals surface area contributed by atoms with Gasteiger partial charge in [0.2, 0.25) is 0 Å². The predicted octanol–water partition coefficient (Wildman–Crippen LogP) is 2.70. The Kier molecular flexibility index (Phi) is 2.82. The molecule has 3 heteroatoms. The Labute approximate surface area is 97.6 Å². The number of hydrogen-bond donors (Lipinski definition) is 0. The number of fused-ring (bicyclic) bond motifs is 1. The molecule has 88 valence electrons. The summed E-state index contributed by atoms with van der Waals surface area (Å²) in [6.07, 6.45) is 4.33. The van der Waals surface area contributed by atoms with Crippen molar-refractivity contribution in [1.82, 2.24) is 0 Å². The van der Waals surface area contributed by atoms with Gasteiger partial charge in [0.25, 0.3) is 0 Å². The van der Waals surface area contributed by atoms with Gasteiger partial charge in [0.15, 0.2) is 9.84 Å². The average molecular weight is 238 g/mol. The van der Waals surface area contributed by atoms with Crippen LogP contribution in [0.1, 0.15) is 42.9 Å². The van der Waals surface area contributed by atoms with Crippen LogP contribution < -0.4 is 0 Å². The number of sulfone groups is 1. The fraction of sp³-hybridized carbons (Fsp3) is 0.538. The van der Waals surface area contributed by atoms with E-state index in [2.05, 4.69) is 19.9 Å². The van der Waals surface area contributed by atoms with E-state index in [1.54, 1.807) is 0 Å². The molecule has 0 saturated carbocycles. The highest BCUT2D eigenvalue weighted by Gasteiger charge is 2.22. The topological polar surface area (TPSA) is 34.1 Å². The molecular formula is C13H18O2S. The van der Waals surface area contributed by atoms with Crippen LogP contribution in [0.15, 0.2) is 17.0 Å². The van der Waals surface area contributed by atoms with Crippen LogP contribution in [-0.4, -0.2) is 14.7 Å². The quantitative estimate of drug-likeness (QED) is 0.794. The van der Waals surface area contributed by atoms with E-state index in [-0.39, 0.29) is 0 Å². The van der Waals surface area contributed by atoms with Crippen LogP contribution in [0.4, 0.5) is 0 Å². The Balaban J connectivity index is 2.68. The monoisotopic (exact) mass is 238 g/mol. The van der Waals surface area contributed by atoms with Crippen molar-refractivity contribution in [2.45, 2.75) is 43.9 Å². The maximum atomic E-state index is 11.8. The molecule has 0 fully saturated rings. The Hall–Kier alpha value is -0.830. The standard InChI is InChI=1S/C13H18O2S/c1-9(2)11-7-10-5-4-6-12(10)13(8-11)16(3,14)15/h7-9H,4-6H2,1-3H3. The van der Waals surface area contributed by atoms with Gasteiger partial charge in [-0.25, -0.2) is 8.42 Å². The van der Waals surface area contributed by atoms with E-state index in [9.17, 15) is 8.42 Å². The average Bonchev–Trinajstić information content (AvgIpc) is 2.61. The second-order valence-corrected chi connectivity index (χ2v) is 6.92. The second-order valence-electron chi connectivity index (χ2n) is 4.94. The molecule has 0 aliphatic heterocycles. The van der Waals surface area contributed by atoms with Crippen LogP contribution in [0.3, 0.4) is 0 Å². The molecule has 0 N–H and O–H groups in total. The van der Waals surface area contributed by atoms with Gasteiger partial charge in [-0.15, -0.1) is 0 Å². The molecule has 0 heterocycles. The van der Waals surface area contributed by atoms with Gasteiger partial charge in [-0.05, 0) is 47.9 Å². The number of benzene rings is 1. The molecule has 0 radical (unpaired) electrons. The second kappa shape index (κ2) is 3.88. The summed E-state index contributed by atoms with van der Waals surface area (Å²) in [4.78, 5) is 0.561. The fourth-order valence-corrected chi connectivity index (χ4v) is 3.38. The molecule has 0 unspecified atom stereocenters. The molecule has 1 aromatic carbocycles. The maximum absolute atomic E-state index is 11.8. The molecular weight excluding hydrogens is 220 g/mol. The summed E-state index contributed by atoms with van der Waals surface area (Å²) >= 11 is 0. The first-order chi connectivity index (χ1) is 7.39. The minimum Gasteiger partial charge on any atom is -0.224 e. The van der Waals surface area contributed by atoms with Crippen LogP contribution in [0.5, 0.6) is 0 Å². The van der Waals surface area contributed by atoms with E-state index >= 15 is 0 Å². The molecule has 2 rings (SSSR count). The van der Waals surface area contributed by atoms with E-state index in [4.69, 9.17) is 0 Å². The van der Waals surface area contributed by atoms with E-state index in [0.29, 0.717) is 10.8 Å². The molecule has 1 aliphatic rings. The highest BCUT2D eigenvalue weighted by atomic mass is 32.2. The summed E-state index contributed by atoms with van der Waals surface area (Å²) in [5, 5.41) is 0. The highest BCUT2D eigenvalue weighted by Crippen LogP contribution is 2.32. The normalized spacial score (nSPS) is 15.5. The lowest BCUT2D eigenvalue weighted by molar-refractivity contribution is 0.600. The third kappa shape index (κ3) is 2.01. The Bertz CT molecular complexity index is 513. The zero-order chi connectivity index (χ0) is 11.9. The number of rotatable bonds is 2. The molecule has 0 aromatic heterocycles. The van der Waals surface area contributed by atoms with Gasteiger partial charge in [0, 0.05) is 6.26 Å². The first-order valence-corrected chi connectivity index (χ1v) is 7.64. The third-order valence-electron chi connectivity index (χ3n) is 3.26. The molecule has 1 aromatic rings. The summed E-state index contributed by atoms with van der Waals surface area (Å²) in [5.41, 5.74) is 3.44. The van der Waals surface area contributed by atoms with Crippen molar-refractivity contribution in [3.8, 4) is 0 Å². The van der Waals surface area contributed by atoms with E-state index in [1.807, 2.05) is 6.07 Å². The number of aryl methyl sites for hydroxylation is 1. The van der Waals surface area contributed by atoms with Gasteiger partial charge in [-0.1, -0.05) is 19.9 Å². The van der Waals surface area contributed by atoms with E-state index in [1.165, 1.54) is 11.8 Å². The van der Waals surface area contributed by atoms with Gasteiger partial charge in [-0.2, -0.15) is 0 Å². The first kappa shape index (κ1) is 11.6. The fourth-order valence-electron chi connectivity index (χ4n) is 2.35. The summed E-state index contributed by atoms with van der Waals surface area (Å²) in [6.45, 7) is 4.20. The van der Waals surface area contributed by atoms with Gasteiger partial charge in [0.05, 0.1) is 4.90 Å². The molecule has 0 atom stereocenters.